The molecule has 1 atom stereocenters. The summed E-state index contributed by atoms with van der Waals surface area (Å²) in [6.45, 7) is 4.08. The van der Waals surface area contributed by atoms with Crippen LogP contribution in [-0.2, 0) is 6.42 Å². The van der Waals surface area contributed by atoms with E-state index in [2.05, 4.69) is 24.4 Å². The second kappa shape index (κ2) is 5.54. The first kappa shape index (κ1) is 12.4. The standard InChI is InChI=1S/C15H17NO2/c1-3-12-6-8-13(9-7-12)11(2)16-15(17)14-5-4-10-18-14/h4-11H,3H2,1-2H3,(H,16,17). The van der Waals surface area contributed by atoms with Crippen molar-refractivity contribution < 1.29 is 9.21 Å². The van der Waals surface area contributed by atoms with Crippen molar-refractivity contribution in [2.45, 2.75) is 26.3 Å². The second-order valence-electron chi connectivity index (χ2n) is 4.27. The Morgan fingerprint density at radius 2 is 2.00 bits per heavy atom. The molecule has 0 aliphatic carbocycles. The maximum atomic E-state index is 11.8. The van der Waals surface area contributed by atoms with Crippen LogP contribution in [0.3, 0.4) is 0 Å². The van der Waals surface area contributed by atoms with E-state index in [0.717, 1.165) is 12.0 Å². The summed E-state index contributed by atoms with van der Waals surface area (Å²) in [6.07, 6.45) is 2.52. The Kier molecular flexibility index (Phi) is 3.82. The molecule has 94 valence electrons. The van der Waals surface area contributed by atoms with E-state index in [1.807, 2.05) is 19.1 Å². The summed E-state index contributed by atoms with van der Waals surface area (Å²) in [7, 11) is 0. The zero-order chi connectivity index (χ0) is 13.0. The van der Waals surface area contributed by atoms with E-state index in [1.54, 1.807) is 12.1 Å². The zero-order valence-corrected chi connectivity index (χ0v) is 10.6. The highest BCUT2D eigenvalue weighted by molar-refractivity contribution is 5.91. The van der Waals surface area contributed by atoms with Crippen molar-refractivity contribution in [3.8, 4) is 0 Å². The average molecular weight is 243 g/mol. The van der Waals surface area contributed by atoms with E-state index in [9.17, 15) is 4.79 Å². The molecule has 0 spiro atoms. The Morgan fingerprint density at radius 3 is 2.56 bits per heavy atom. The number of hydrogen-bond acceptors (Lipinski definition) is 2. The summed E-state index contributed by atoms with van der Waals surface area (Å²) < 4.78 is 5.06. The number of furan rings is 1. The van der Waals surface area contributed by atoms with Crippen LogP contribution in [-0.4, -0.2) is 5.91 Å². The van der Waals surface area contributed by atoms with E-state index in [1.165, 1.54) is 11.8 Å². The molecule has 0 aliphatic heterocycles. The third kappa shape index (κ3) is 2.80. The molecule has 0 radical (unpaired) electrons. The molecular formula is C15H17NO2. The quantitative estimate of drug-likeness (QED) is 0.895. The van der Waals surface area contributed by atoms with Crippen LogP contribution >= 0.6 is 0 Å². The SMILES string of the molecule is CCc1ccc(C(C)NC(=O)c2ccco2)cc1. The van der Waals surface area contributed by atoms with Crippen molar-refractivity contribution >= 4 is 5.91 Å². The van der Waals surface area contributed by atoms with Crippen LogP contribution in [0.5, 0.6) is 0 Å². The molecule has 2 aromatic rings. The molecule has 2 rings (SSSR count). The molecule has 3 nitrogen and oxygen atoms in total. The maximum absolute atomic E-state index is 11.8. The zero-order valence-electron chi connectivity index (χ0n) is 10.6. The number of carbonyl (C=O) groups is 1. The van der Waals surface area contributed by atoms with E-state index < -0.39 is 0 Å². The van der Waals surface area contributed by atoms with Crippen LogP contribution < -0.4 is 5.32 Å². The van der Waals surface area contributed by atoms with Gasteiger partial charge in [-0.25, -0.2) is 0 Å². The molecule has 18 heavy (non-hydrogen) atoms. The van der Waals surface area contributed by atoms with Gasteiger partial charge in [0, 0.05) is 0 Å². The first-order chi connectivity index (χ1) is 8.70. The van der Waals surface area contributed by atoms with Crippen LogP contribution in [0, 0.1) is 0 Å². The number of aryl methyl sites for hydroxylation is 1. The monoisotopic (exact) mass is 243 g/mol. The minimum absolute atomic E-state index is 0.0338. The molecule has 1 heterocycles. The Hall–Kier alpha value is -2.03. The number of carbonyl (C=O) groups excluding carboxylic acids is 1. The molecule has 0 bridgehead atoms. The summed E-state index contributed by atoms with van der Waals surface area (Å²) >= 11 is 0. The van der Waals surface area contributed by atoms with E-state index in [4.69, 9.17) is 4.42 Å². The Labute approximate surface area is 107 Å². The van der Waals surface area contributed by atoms with Crippen molar-refractivity contribution in [1.29, 1.82) is 0 Å². The lowest BCUT2D eigenvalue weighted by Gasteiger charge is -2.13. The smallest absolute Gasteiger partial charge is 0.287 e. The fourth-order valence-electron chi connectivity index (χ4n) is 1.80. The lowest BCUT2D eigenvalue weighted by atomic mass is 10.0. The average Bonchev–Trinajstić information content (AvgIpc) is 2.92. The minimum atomic E-state index is -0.188. The Balaban J connectivity index is 2.02. The van der Waals surface area contributed by atoms with Gasteiger partial charge in [0.15, 0.2) is 5.76 Å². The van der Waals surface area contributed by atoms with E-state index in [0.29, 0.717) is 5.76 Å². The lowest BCUT2D eigenvalue weighted by molar-refractivity contribution is 0.0912. The molecule has 0 saturated carbocycles. The van der Waals surface area contributed by atoms with Gasteiger partial charge < -0.3 is 9.73 Å². The molecule has 3 heteroatoms. The summed E-state index contributed by atoms with van der Waals surface area (Å²) in [5, 5.41) is 2.90. The van der Waals surface area contributed by atoms with Gasteiger partial charge in [0.1, 0.15) is 0 Å². The number of rotatable bonds is 4. The van der Waals surface area contributed by atoms with Crippen molar-refractivity contribution in [3.63, 3.8) is 0 Å². The first-order valence-corrected chi connectivity index (χ1v) is 6.14. The van der Waals surface area contributed by atoms with Gasteiger partial charge in [-0.1, -0.05) is 31.2 Å². The first-order valence-electron chi connectivity index (χ1n) is 6.14. The summed E-state index contributed by atoms with van der Waals surface area (Å²) in [4.78, 5) is 11.8. The van der Waals surface area contributed by atoms with Gasteiger partial charge in [-0.15, -0.1) is 0 Å². The predicted octanol–water partition coefficient (Wildman–Crippen LogP) is 3.33. The van der Waals surface area contributed by atoms with E-state index in [-0.39, 0.29) is 11.9 Å². The molecule has 1 aromatic heterocycles. The van der Waals surface area contributed by atoms with Gasteiger partial charge >= 0.3 is 0 Å². The topological polar surface area (TPSA) is 42.2 Å². The number of hydrogen-bond donors (Lipinski definition) is 1. The second-order valence-corrected chi connectivity index (χ2v) is 4.27. The Bertz CT molecular complexity index is 500. The third-order valence-electron chi connectivity index (χ3n) is 2.98. The highest BCUT2D eigenvalue weighted by atomic mass is 16.3. The normalized spacial score (nSPS) is 12.1. The number of benzene rings is 1. The van der Waals surface area contributed by atoms with Gasteiger partial charge in [0.2, 0.25) is 0 Å². The van der Waals surface area contributed by atoms with Crippen molar-refractivity contribution in [1.82, 2.24) is 5.32 Å². The van der Waals surface area contributed by atoms with Crippen LogP contribution in [0.4, 0.5) is 0 Å². The van der Waals surface area contributed by atoms with Crippen LogP contribution in [0.15, 0.2) is 47.1 Å². The van der Waals surface area contributed by atoms with Crippen LogP contribution in [0.1, 0.15) is 41.6 Å². The maximum Gasteiger partial charge on any atom is 0.287 e. The lowest BCUT2D eigenvalue weighted by Crippen LogP contribution is -2.26. The number of nitrogens with one attached hydrogen (secondary N) is 1. The molecule has 0 saturated heterocycles. The molecule has 0 fully saturated rings. The number of amides is 1. The molecule has 1 aromatic carbocycles. The fourth-order valence-corrected chi connectivity index (χ4v) is 1.80. The molecule has 1 unspecified atom stereocenters. The summed E-state index contributed by atoms with van der Waals surface area (Å²) in [5.41, 5.74) is 2.38. The van der Waals surface area contributed by atoms with Gasteiger partial charge in [0.25, 0.3) is 5.91 Å². The summed E-state index contributed by atoms with van der Waals surface area (Å²) in [5.74, 6) is 0.152. The molecular weight excluding hydrogens is 226 g/mol. The highest BCUT2D eigenvalue weighted by Gasteiger charge is 2.13. The van der Waals surface area contributed by atoms with Crippen molar-refractivity contribution in [2.24, 2.45) is 0 Å². The molecule has 0 aliphatic rings. The Morgan fingerprint density at radius 1 is 1.28 bits per heavy atom. The van der Waals surface area contributed by atoms with Crippen LogP contribution in [0.25, 0.3) is 0 Å². The summed E-state index contributed by atoms with van der Waals surface area (Å²) in [6, 6.07) is 11.6. The largest absolute Gasteiger partial charge is 0.459 e. The third-order valence-corrected chi connectivity index (χ3v) is 2.98. The fraction of sp³-hybridized carbons (Fsp3) is 0.267. The van der Waals surface area contributed by atoms with Gasteiger partial charge in [-0.3, -0.25) is 4.79 Å². The van der Waals surface area contributed by atoms with Crippen LogP contribution in [0.2, 0.25) is 0 Å². The molecule has 1 N–H and O–H groups in total. The highest BCUT2D eigenvalue weighted by Crippen LogP contribution is 2.14. The predicted molar refractivity (Wildman–Crippen MR) is 70.4 cm³/mol. The van der Waals surface area contributed by atoms with Gasteiger partial charge in [0.05, 0.1) is 12.3 Å². The van der Waals surface area contributed by atoms with E-state index >= 15 is 0 Å². The van der Waals surface area contributed by atoms with Crippen molar-refractivity contribution in [2.75, 3.05) is 0 Å². The van der Waals surface area contributed by atoms with Gasteiger partial charge in [-0.05, 0) is 36.6 Å². The van der Waals surface area contributed by atoms with Gasteiger partial charge in [-0.2, -0.15) is 0 Å². The minimum Gasteiger partial charge on any atom is -0.459 e. The van der Waals surface area contributed by atoms with Crippen molar-refractivity contribution in [3.05, 3.63) is 59.5 Å². The molecule has 1 amide bonds.